The van der Waals surface area contributed by atoms with Gasteiger partial charge in [0.25, 0.3) is 0 Å². The minimum absolute atomic E-state index is 0.394. The highest BCUT2D eigenvalue weighted by Gasteiger charge is 2.64. The Kier molecular flexibility index (Phi) is 3.78. The first-order chi connectivity index (χ1) is 8.84. The van der Waals surface area contributed by atoms with Crippen LogP contribution in [0.2, 0.25) is 0 Å². The minimum Gasteiger partial charge on any atom is -0.307 e. The van der Waals surface area contributed by atoms with E-state index in [2.05, 4.69) is 63.8 Å². The van der Waals surface area contributed by atoms with Crippen molar-refractivity contribution >= 4 is 0 Å². The van der Waals surface area contributed by atoms with Gasteiger partial charge in [-0.3, -0.25) is 4.68 Å². The summed E-state index contributed by atoms with van der Waals surface area (Å²) in [6, 6.07) is 3.29. The Bertz CT molecular complexity index is 413. The van der Waals surface area contributed by atoms with E-state index in [0.717, 1.165) is 25.1 Å². The fourth-order valence-electron chi connectivity index (χ4n) is 3.25. The molecule has 1 fully saturated rings. The van der Waals surface area contributed by atoms with Crippen molar-refractivity contribution in [2.75, 3.05) is 0 Å². The molecule has 0 saturated heterocycles. The molecule has 0 atom stereocenters. The zero-order valence-electron chi connectivity index (χ0n) is 13.3. The van der Waals surface area contributed by atoms with E-state index >= 15 is 0 Å². The third kappa shape index (κ3) is 2.45. The Morgan fingerprint density at radius 2 is 1.79 bits per heavy atom. The Balaban J connectivity index is 1.92. The molecule has 108 valence electrons. The minimum atomic E-state index is 0.394. The summed E-state index contributed by atoms with van der Waals surface area (Å²) in [7, 11) is 0. The van der Waals surface area contributed by atoms with Crippen LogP contribution >= 0.6 is 0 Å². The first kappa shape index (κ1) is 14.6. The molecule has 2 rings (SSSR count). The predicted octanol–water partition coefficient (Wildman–Crippen LogP) is 3.77. The quantitative estimate of drug-likeness (QED) is 0.846. The van der Waals surface area contributed by atoms with Crippen LogP contribution < -0.4 is 5.32 Å². The Labute approximate surface area is 117 Å². The Morgan fingerprint density at radius 1 is 1.21 bits per heavy atom. The summed E-state index contributed by atoms with van der Waals surface area (Å²) >= 11 is 0. The summed E-state index contributed by atoms with van der Waals surface area (Å²) in [4.78, 5) is 0. The fourth-order valence-corrected chi connectivity index (χ4v) is 3.25. The van der Waals surface area contributed by atoms with Crippen molar-refractivity contribution in [3.8, 4) is 0 Å². The van der Waals surface area contributed by atoms with Gasteiger partial charge in [0.15, 0.2) is 0 Å². The fraction of sp³-hybridized carbons (Fsp3) is 0.812. The first-order valence-corrected chi connectivity index (χ1v) is 7.62. The SMILES string of the molecule is CCC(CC)n1ccc(CNC2C(C)(C)C2(C)C)n1. The maximum absolute atomic E-state index is 4.70. The van der Waals surface area contributed by atoms with Crippen molar-refractivity contribution in [1.29, 1.82) is 0 Å². The summed E-state index contributed by atoms with van der Waals surface area (Å²) in [5.74, 6) is 0. The molecule has 1 aliphatic rings. The van der Waals surface area contributed by atoms with Gasteiger partial charge in [-0.25, -0.2) is 0 Å². The van der Waals surface area contributed by atoms with Crippen LogP contribution in [0.4, 0.5) is 0 Å². The maximum Gasteiger partial charge on any atom is 0.0762 e. The first-order valence-electron chi connectivity index (χ1n) is 7.62. The average Bonchev–Trinajstić information content (AvgIpc) is 2.72. The van der Waals surface area contributed by atoms with Crippen LogP contribution in [0.5, 0.6) is 0 Å². The van der Waals surface area contributed by atoms with E-state index in [1.54, 1.807) is 0 Å². The molecule has 1 aliphatic carbocycles. The molecule has 3 heteroatoms. The second-order valence-electron chi connectivity index (χ2n) is 7.01. The van der Waals surface area contributed by atoms with Crippen LogP contribution in [0.1, 0.15) is 66.1 Å². The van der Waals surface area contributed by atoms with Gasteiger partial charge in [-0.2, -0.15) is 5.10 Å². The molecule has 3 nitrogen and oxygen atoms in total. The molecule has 0 aromatic carbocycles. The topological polar surface area (TPSA) is 29.9 Å². The van der Waals surface area contributed by atoms with Crippen molar-refractivity contribution < 1.29 is 0 Å². The molecule has 1 saturated carbocycles. The molecular weight excluding hydrogens is 234 g/mol. The highest BCUT2D eigenvalue weighted by atomic mass is 15.3. The van der Waals surface area contributed by atoms with Gasteiger partial charge in [0.05, 0.1) is 11.7 Å². The third-order valence-corrected chi connectivity index (χ3v) is 5.49. The van der Waals surface area contributed by atoms with E-state index in [-0.39, 0.29) is 0 Å². The van der Waals surface area contributed by atoms with Crippen molar-refractivity contribution in [2.45, 2.75) is 73.0 Å². The monoisotopic (exact) mass is 263 g/mol. The summed E-state index contributed by atoms with van der Waals surface area (Å²) < 4.78 is 2.13. The van der Waals surface area contributed by atoms with Crippen LogP contribution in [0.25, 0.3) is 0 Å². The molecule has 1 aromatic rings. The van der Waals surface area contributed by atoms with E-state index in [0.29, 0.717) is 22.9 Å². The van der Waals surface area contributed by atoms with Crippen LogP contribution in [-0.4, -0.2) is 15.8 Å². The van der Waals surface area contributed by atoms with Gasteiger partial charge in [-0.1, -0.05) is 41.5 Å². The molecule has 1 aromatic heterocycles. The van der Waals surface area contributed by atoms with Gasteiger partial charge in [-0.15, -0.1) is 0 Å². The number of rotatable bonds is 6. The molecule has 0 radical (unpaired) electrons. The summed E-state index contributed by atoms with van der Waals surface area (Å²) in [6.07, 6.45) is 4.42. The van der Waals surface area contributed by atoms with E-state index in [9.17, 15) is 0 Å². The van der Waals surface area contributed by atoms with Crippen LogP contribution in [0.3, 0.4) is 0 Å². The molecular formula is C16H29N3. The van der Waals surface area contributed by atoms with Gasteiger partial charge < -0.3 is 5.32 Å². The van der Waals surface area contributed by atoms with Gasteiger partial charge in [0.2, 0.25) is 0 Å². The number of hydrogen-bond acceptors (Lipinski definition) is 2. The second kappa shape index (κ2) is 4.93. The van der Waals surface area contributed by atoms with Gasteiger partial charge in [0.1, 0.15) is 0 Å². The number of nitrogens with zero attached hydrogens (tertiary/aromatic N) is 2. The van der Waals surface area contributed by atoms with Crippen LogP contribution in [-0.2, 0) is 6.54 Å². The Hall–Kier alpha value is -0.830. The molecule has 0 bridgehead atoms. The average molecular weight is 263 g/mol. The van der Waals surface area contributed by atoms with Gasteiger partial charge >= 0.3 is 0 Å². The maximum atomic E-state index is 4.70. The molecule has 0 unspecified atom stereocenters. The second-order valence-corrected chi connectivity index (χ2v) is 7.01. The van der Waals surface area contributed by atoms with Crippen molar-refractivity contribution in [2.24, 2.45) is 10.8 Å². The van der Waals surface area contributed by atoms with Crippen molar-refractivity contribution in [3.63, 3.8) is 0 Å². The van der Waals surface area contributed by atoms with Gasteiger partial charge in [0, 0.05) is 18.8 Å². The third-order valence-electron chi connectivity index (χ3n) is 5.49. The van der Waals surface area contributed by atoms with Crippen LogP contribution in [0.15, 0.2) is 12.3 Å². The summed E-state index contributed by atoms with van der Waals surface area (Å²) in [6.45, 7) is 14.7. The molecule has 1 heterocycles. The van der Waals surface area contributed by atoms with E-state index < -0.39 is 0 Å². The zero-order chi connectivity index (χ0) is 14.3. The van der Waals surface area contributed by atoms with E-state index in [4.69, 9.17) is 5.10 Å². The largest absolute Gasteiger partial charge is 0.307 e. The lowest BCUT2D eigenvalue weighted by molar-refractivity contribution is 0.423. The predicted molar refractivity (Wildman–Crippen MR) is 80.0 cm³/mol. The highest BCUT2D eigenvalue weighted by Crippen LogP contribution is 2.62. The van der Waals surface area contributed by atoms with E-state index in [1.165, 1.54) is 0 Å². The van der Waals surface area contributed by atoms with E-state index in [1.807, 2.05) is 0 Å². The van der Waals surface area contributed by atoms with Crippen molar-refractivity contribution in [3.05, 3.63) is 18.0 Å². The summed E-state index contributed by atoms with van der Waals surface area (Å²) in [5, 5.41) is 8.37. The number of nitrogens with one attached hydrogen (secondary N) is 1. The lowest BCUT2D eigenvalue weighted by Crippen LogP contribution is -2.22. The molecule has 1 N–H and O–H groups in total. The van der Waals surface area contributed by atoms with Crippen molar-refractivity contribution in [1.82, 2.24) is 15.1 Å². The zero-order valence-corrected chi connectivity index (χ0v) is 13.3. The lowest BCUT2D eigenvalue weighted by Gasteiger charge is -2.12. The van der Waals surface area contributed by atoms with Gasteiger partial charge in [-0.05, 0) is 29.7 Å². The summed E-state index contributed by atoms with van der Waals surface area (Å²) in [5.41, 5.74) is 1.95. The smallest absolute Gasteiger partial charge is 0.0762 e. The highest BCUT2D eigenvalue weighted by molar-refractivity contribution is 5.18. The standard InChI is InChI=1S/C16H29N3/c1-7-13(8-2)19-10-9-12(18-19)11-17-14-15(3,4)16(14,5)6/h9-10,13-14,17H,7-8,11H2,1-6H3. The molecule has 0 aliphatic heterocycles. The number of hydrogen-bond donors (Lipinski definition) is 1. The molecule has 0 amide bonds. The number of aromatic nitrogens is 2. The normalized spacial score (nSPS) is 21.0. The van der Waals surface area contributed by atoms with Crippen LogP contribution in [0, 0.1) is 10.8 Å². The Morgan fingerprint density at radius 3 is 2.26 bits per heavy atom. The molecule has 0 spiro atoms. The molecule has 19 heavy (non-hydrogen) atoms. The lowest BCUT2D eigenvalue weighted by atomic mass is 10.0.